The summed E-state index contributed by atoms with van der Waals surface area (Å²) in [6, 6.07) is 0.380. The van der Waals surface area contributed by atoms with Gasteiger partial charge in [0.25, 0.3) is 5.56 Å². The number of hydrogen-bond acceptors (Lipinski definition) is 2. The van der Waals surface area contributed by atoms with Gasteiger partial charge in [-0.2, -0.15) is 0 Å². The molecule has 1 aliphatic rings. The molecule has 0 bridgehead atoms. The molecule has 2 rings (SSSR count). The van der Waals surface area contributed by atoms with Crippen LogP contribution < -0.4 is 5.56 Å². The number of halogens is 1. The normalized spacial score (nSPS) is 17.9. The van der Waals surface area contributed by atoms with E-state index in [1.54, 1.807) is 10.8 Å². The summed E-state index contributed by atoms with van der Waals surface area (Å²) in [6.07, 6.45) is 7.74. The summed E-state index contributed by atoms with van der Waals surface area (Å²) in [5.41, 5.74) is 0.00118. The molecule has 0 amide bonds. The van der Waals surface area contributed by atoms with E-state index in [0.717, 1.165) is 17.4 Å². The van der Waals surface area contributed by atoms with Crippen molar-refractivity contribution in [3.63, 3.8) is 0 Å². The van der Waals surface area contributed by atoms with Crippen LogP contribution in [0.4, 0.5) is 0 Å². The highest BCUT2D eigenvalue weighted by atomic mass is 79.9. The Kier molecular flexibility index (Phi) is 2.49. The first-order chi connectivity index (χ1) is 6.29. The van der Waals surface area contributed by atoms with Crippen LogP contribution in [0.1, 0.15) is 31.7 Å². The average Bonchev–Trinajstić information content (AvgIpc) is 2.57. The molecule has 0 unspecified atom stereocenters. The lowest BCUT2D eigenvalue weighted by molar-refractivity contribution is 0.490. The first kappa shape index (κ1) is 8.94. The summed E-state index contributed by atoms with van der Waals surface area (Å²) in [6.45, 7) is 0. The molecule has 0 aromatic carbocycles. The summed E-state index contributed by atoms with van der Waals surface area (Å²) in [5, 5.41) is 0. The van der Waals surface area contributed by atoms with Gasteiger partial charge in [-0.1, -0.05) is 12.8 Å². The Balaban J connectivity index is 2.43. The molecular formula is C9H11BrN2O. The van der Waals surface area contributed by atoms with Crippen LogP contribution in [0, 0.1) is 0 Å². The molecule has 1 heterocycles. The van der Waals surface area contributed by atoms with Crippen molar-refractivity contribution in [1.29, 1.82) is 0 Å². The Labute approximate surface area is 84.9 Å². The van der Waals surface area contributed by atoms with Gasteiger partial charge in [0, 0.05) is 6.04 Å². The van der Waals surface area contributed by atoms with Gasteiger partial charge in [0.2, 0.25) is 0 Å². The van der Waals surface area contributed by atoms with Crippen molar-refractivity contribution in [2.75, 3.05) is 0 Å². The highest BCUT2D eigenvalue weighted by molar-refractivity contribution is 9.10. The van der Waals surface area contributed by atoms with Gasteiger partial charge in [-0.15, -0.1) is 0 Å². The molecular weight excluding hydrogens is 232 g/mol. The monoisotopic (exact) mass is 242 g/mol. The Morgan fingerprint density at radius 2 is 2.08 bits per heavy atom. The molecule has 3 nitrogen and oxygen atoms in total. The van der Waals surface area contributed by atoms with Crippen LogP contribution in [0.3, 0.4) is 0 Å². The lowest BCUT2D eigenvalue weighted by atomic mass is 10.2. The zero-order valence-corrected chi connectivity index (χ0v) is 8.83. The molecule has 0 N–H and O–H groups in total. The Hall–Kier alpha value is -0.640. The molecule has 0 atom stereocenters. The molecule has 0 radical (unpaired) electrons. The molecule has 1 aromatic rings. The maximum absolute atomic E-state index is 11.5. The van der Waals surface area contributed by atoms with Crippen LogP contribution in [0.25, 0.3) is 0 Å². The number of aromatic nitrogens is 2. The molecule has 4 heteroatoms. The van der Waals surface area contributed by atoms with Gasteiger partial charge in [0.05, 0.1) is 12.4 Å². The maximum Gasteiger partial charge on any atom is 0.270 e. The van der Waals surface area contributed by atoms with Gasteiger partial charge in [-0.25, -0.2) is 0 Å². The fraction of sp³-hybridized carbons (Fsp3) is 0.556. The molecule has 1 aliphatic carbocycles. The van der Waals surface area contributed by atoms with Crippen LogP contribution in [0.2, 0.25) is 0 Å². The third kappa shape index (κ3) is 1.68. The zero-order valence-electron chi connectivity index (χ0n) is 7.24. The van der Waals surface area contributed by atoms with E-state index in [1.165, 1.54) is 19.0 Å². The third-order valence-electron chi connectivity index (χ3n) is 2.52. The van der Waals surface area contributed by atoms with Gasteiger partial charge in [0.1, 0.15) is 4.60 Å². The third-order valence-corrected chi connectivity index (χ3v) is 3.11. The Bertz CT molecular complexity index is 355. The van der Waals surface area contributed by atoms with Crippen LogP contribution in [0.15, 0.2) is 21.8 Å². The summed E-state index contributed by atoms with van der Waals surface area (Å²) in [5.74, 6) is 0. The van der Waals surface area contributed by atoms with Crippen molar-refractivity contribution < 1.29 is 0 Å². The predicted octanol–water partition coefficient (Wildman–Crippen LogP) is 2.12. The SMILES string of the molecule is O=c1cncc(Br)n1C1CCCC1. The summed E-state index contributed by atoms with van der Waals surface area (Å²) >= 11 is 3.36. The molecule has 0 spiro atoms. The van der Waals surface area contributed by atoms with Crippen molar-refractivity contribution in [1.82, 2.24) is 9.55 Å². The van der Waals surface area contributed by atoms with Crippen LogP contribution in [0.5, 0.6) is 0 Å². The molecule has 1 aromatic heterocycles. The van der Waals surface area contributed by atoms with E-state index in [0.29, 0.717) is 6.04 Å². The zero-order chi connectivity index (χ0) is 9.26. The minimum Gasteiger partial charge on any atom is -0.297 e. The van der Waals surface area contributed by atoms with Gasteiger partial charge >= 0.3 is 0 Å². The first-order valence-corrected chi connectivity index (χ1v) is 5.30. The Morgan fingerprint density at radius 1 is 1.38 bits per heavy atom. The predicted molar refractivity (Wildman–Crippen MR) is 53.7 cm³/mol. The number of hydrogen-bond donors (Lipinski definition) is 0. The van der Waals surface area contributed by atoms with Gasteiger partial charge < -0.3 is 0 Å². The van der Waals surface area contributed by atoms with Crippen molar-refractivity contribution in [3.05, 3.63) is 27.4 Å². The van der Waals surface area contributed by atoms with E-state index in [2.05, 4.69) is 20.9 Å². The van der Waals surface area contributed by atoms with E-state index in [-0.39, 0.29) is 5.56 Å². The lowest BCUT2D eigenvalue weighted by Gasteiger charge is -2.14. The molecule has 1 fully saturated rings. The summed E-state index contributed by atoms with van der Waals surface area (Å²) in [7, 11) is 0. The molecule has 13 heavy (non-hydrogen) atoms. The van der Waals surface area contributed by atoms with Crippen LogP contribution in [-0.4, -0.2) is 9.55 Å². The van der Waals surface area contributed by atoms with Gasteiger partial charge in [-0.3, -0.25) is 14.3 Å². The highest BCUT2D eigenvalue weighted by Gasteiger charge is 2.19. The van der Waals surface area contributed by atoms with E-state index in [4.69, 9.17) is 0 Å². The van der Waals surface area contributed by atoms with E-state index < -0.39 is 0 Å². The fourth-order valence-corrected chi connectivity index (χ4v) is 2.49. The van der Waals surface area contributed by atoms with Crippen molar-refractivity contribution in [2.45, 2.75) is 31.7 Å². The molecule has 70 valence electrons. The second-order valence-electron chi connectivity index (χ2n) is 3.38. The molecule has 0 aliphatic heterocycles. The average molecular weight is 243 g/mol. The van der Waals surface area contributed by atoms with Crippen LogP contribution >= 0.6 is 15.9 Å². The smallest absolute Gasteiger partial charge is 0.270 e. The summed E-state index contributed by atoms with van der Waals surface area (Å²) < 4.78 is 2.60. The number of nitrogens with zero attached hydrogens (tertiary/aromatic N) is 2. The standard InChI is InChI=1S/C9H11BrN2O/c10-8-5-11-6-9(13)12(8)7-3-1-2-4-7/h5-7H,1-4H2. The number of rotatable bonds is 1. The molecule has 1 saturated carbocycles. The Morgan fingerprint density at radius 3 is 2.69 bits per heavy atom. The van der Waals surface area contributed by atoms with Crippen molar-refractivity contribution >= 4 is 15.9 Å². The van der Waals surface area contributed by atoms with Crippen molar-refractivity contribution in [3.8, 4) is 0 Å². The van der Waals surface area contributed by atoms with Crippen molar-refractivity contribution in [2.24, 2.45) is 0 Å². The van der Waals surface area contributed by atoms with Crippen LogP contribution in [-0.2, 0) is 0 Å². The minimum absolute atomic E-state index is 0.00118. The molecule has 0 saturated heterocycles. The topological polar surface area (TPSA) is 34.9 Å². The second-order valence-corrected chi connectivity index (χ2v) is 4.19. The highest BCUT2D eigenvalue weighted by Crippen LogP contribution is 2.29. The van der Waals surface area contributed by atoms with Gasteiger partial charge in [-0.05, 0) is 28.8 Å². The largest absolute Gasteiger partial charge is 0.297 e. The van der Waals surface area contributed by atoms with Gasteiger partial charge in [0.15, 0.2) is 0 Å². The lowest BCUT2D eigenvalue weighted by Crippen LogP contribution is -2.23. The van der Waals surface area contributed by atoms with E-state index in [1.807, 2.05) is 0 Å². The van der Waals surface area contributed by atoms with E-state index >= 15 is 0 Å². The first-order valence-electron chi connectivity index (χ1n) is 4.51. The quantitative estimate of drug-likeness (QED) is 0.757. The fourth-order valence-electron chi connectivity index (χ4n) is 1.91. The summed E-state index contributed by atoms with van der Waals surface area (Å²) in [4.78, 5) is 15.3. The minimum atomic E-state index is 0.00118. The second kappa shape index (κ2) is 3.62. The maximum atomic E-state index is 11.5. The van der Waals surface area contributed by atoms with E-state index in [9.17, 15) is 4.79 Å².